The van der Waals surface area contributed by atoms with Gasteiger partial charge in [-0.15, -0.1) is 0 Å². The number of hydrogen-bond acceptors (Lipinski definition) is 4. The summed E-state index contributed by atoms with van der Waals surface area (Å²) in [7, 11) is 0. The van der Waals surface area contributed by atoms with Gasteiger partial charge in [-0.2, -0.15) is 0 Å². The number of nitrogens with zero attached hydrogens (tertiary/aromatic N) is 2. The van der Waals surface area contributed by atoms with Crippen molar-refractivity contribution in [1.82, 2.24) is 15.1 Å². The summed E-state index contributed by atoms with van der Waals surface area (Å²) in [6, 6.07) is 0.569. The summed E-state index contributed by atoms with van der Waals surface area (Å²) in [5, 5.41) is 3.53. The van der Waals surface area contributed by atoms with E-state index in [1.165, 1.54) is 39.1 Å². The maximum absolute atomic E-state index is 5.49. The molecule has 2 rings (SSSR count). The van der Waals surface area contributed by atoms with Crippen LogP contribution in [-0.4, -0.2) is 73.9 Å². The summed E-state index contributed by atoms with van der Waals surface area (Å²) in [5.41, 5.74) is 0.324. The van der Waals surface area contributed by atoms with Gasteiger partial charge in [0.15, 0.2) is 0 Å². The third-order valence-electron chi connectivity index (χ3n) is 4.11. The van der Waals surface area contributed by atoms with E-state index in [-0.39, 0.29) is 0 Å². The van der Waals surface area contributed by atoms with Crippen molar-refractivity contribution in [2.75, 3.05) is 52.5 Å². The van der Waals surface area contributed by atoms with Crippen LogP contribution < -0.4 is 5.32 Å². The highest BCUT2D eigenvalue weighted by Crippen LogP contribution is 2.16. The Morgan fingerprint density at radius 3 is 2.44 bits per heavy atom. The van der Waals surface area contributed by atoms with Gasteiger partial charge in [-0.05, 0) is 33.7 Å². The largest absolute Gasteiger partial charge is 0.379 e. The van der Waals surface area contributed by atoms with Gasteiger partial charge in [0.25, 0.3) is 0 Å². The molecule has 1 atom stereocenters. The monoisotopic (exact) mass is 255 g/mol. The summed E-state index contributed by atoms with van der Waals surface area (Å²) in [6.07, 6.45) is 1.22. The number of hydrogen-bond donors (Lipinski definition) is 1. The lowest BCUT2D eigenvalue weighted by Gasteiger charge is -2.42. The summed E-state index contributed by atoms with van der Waals surface area (Å²) >= 11 is 0. The zero-order valence-corrected chi connectivity index (χ0v) is 12.2. The first-order valence-corrected chi connectivity index (χ1v) is 7.34. The first-order valence-electron chi connectivity index (χ1n) is 7.34. The molecule has 2 aliphatic heterocycles. The van der Waals surface area contributed by atoms with Gasteiger partial charge in [-0.1, -0.05) is 0 Å². The predicted octanol–water partition coefficient (Wildman–Crippen LogP) is 0.781. The van der Waals surface area contributed by atoms with Gasteiger partial charge in [-0.3, -0.25) is 4.90 Å². The molecule has 0 aromatic rings. The van der Waals surface area contributed by atoms with E-state index < -0.39 is 0 Å². The highest BCUT2D eigenvalue weighted by atomic mass is 16.5. The average Bonchev–Trinajstić information content (AvgIpc) is 2.37. The maximum Gasteiger partial charge on any atom is 0.0620 e. The molecule has 0 amide bonds. The van der Waals surface area contributed by atoms with Crippen LogP contribution in [0.25, 0.3) is 0 Å². The molecule has 106 valence electrons. The fraction of sp³-hybridized carbons (Fsp3) is 1.00. The van der Waals surface area contributed by atoms with Crippen LogP contribution in [0.15, 0.2) is 0 Å². The molecule has 4 nitrogen and oxygen atoms in total. The van der Waals surface area contributed by atoms with Crippen LogP contribution in [-0.2, 0) is 4.74 Å². The van der Waals surface area contributed by atoms with Gasteiger partial charge in [0.2, 0.25) is 0 Å². The molecular formula is C14H29N3O. The summed E-state index contributed by atoms with van der Waals surface area (Å²) in [6.45, 7) is 15.8. The molecule has 2 heterocycles. The fourth-order valence-electron chi connectivity index (χ4n) is 2.79. The van der Waals surface area contributed by atoms with Crippen molar-refractivity contribution in [1.29, 1.82) is 0 Å². The van der Waals surface area contributed by atoms with Crippen LogP contribution in [0, 0.1) is 0 Å². The quantitative estimate of drug-likeness (QED) is 0.806. The normalized spacial score (nSPS) is 28.5. The molecule has 0 aromatic carbocycles. The Morgan fingerprint density at radius 1 is 1.17 bits per heavy atom. The van der Waals surface area contributed by atoms with Crippen molar-refractivity contribution in [2.24, 2.45) is 0 Å². The molecule has 2 fully saturated rings. The van der Waals surface area contributed by atoms with Crippen LogP contribution in [0.3, 0.4) is 0 Å². The minimum atomic E-state index is 0.324. The standard InChI is InChI=1S/C14H29N3O/c1-14(2,3)17-9-7-16(8-10-17)6-4-13-12-18-11-5-15-13/h13,15H,4-12H2,1-3H3. The molecule has 2 aliphatic rings. The lowest BCUT2D eigenvalue weighted by Crippen LogP contribution is -2.54. The summed E-state index contributed by atoms with van der Waals surface area (Å²) < 4.78 is 5.49. The van der Waals surface area contributed by atoms with E-state index in [0.29, 0.717) is 11.6 Å². The van der Waals surface area contributed by atoms with E-state index in [0.717, 1.165) is 19.8 Å². The van der Waals surface area contributed by atoms with Crippen LogP contribution in [0.1, 0.15) is 27.2 Å². The molecule has 18 heavy (non-hydrogen) atoms. The van der Waals surface area contributed by atoms with Crippen molar-refractivity contribution in [3.63, 3.8) is 0 Å². The topological polar surface area (TPSA) is 27.7 Å². The van der Waals surface area contributed by atoms with Crippen molar-refractivity contribution in [3.8, 4) is 0 Å². The van der Waals surface area contributed by atoms with Crippen LogP contribution in [0.5, 0.6) is 0 Å². The highest BCUT2D eigenvalue weighted by molar-refractivity contribution is 4.82. The maximum atomic E-state index is 5.49. The fourth-order valence-corrected chi connectivity index (χ4v) is 2.79. The van der Waals surface area contributed by atoms with Crippen molar-refractivity contribution in [3.05, 3.63) is 0 Å². The van der Waals surface area contributed by atoms with E-state index in [4.69, 9.17) is 4.74 Å². The number of rotatable bonds is 3. The second-order valence-electron chi connectivity index (χ2n) is 6.51. The van der Waals surface area contributed by atoms with Crippen LogP contribution in [0.4, 0.5) is 0 Å². The van der Waals surface area contributed by atoms with E-state index in [2.05, 4.69) is 35.9 Å². The molecule has 0 bridgehead atoms. The lowest BCUT2D eigenvalue weighted by molar-refractivity contribution is 0.0481. The highest BCUT2D eigenvalue weighted by Gasteiger charge is 2.26. The number of ether oxygens (including phenoxy) is 1. The molecule has 2 saturated heterocycles. The minimum absolute atomic E-state index is 0.324. The molecule has 0 spiro atoms. The third-order valence-corrected chi connectivity index (χ3v) is 4.11. The van der Waals surface area contributed by atoms with Crippen molar-refractivity contribution in [2.45, 2.75) is 38.8 Å². The zero-order valence-electron chi connectivity index (χ0n) is 12.2. The van der Waals surface area contributed by atoms with Crippen molar-refractivity contribution < 1.29 is 4.74 Å². The van der Waals surface area contributed by atoms with Crippen LogP contribution >= 0.6 is 0 Å². The first-order chi connectivity index (χ1) is 8.55. The predicted molar refractivity (Wildman–Crippen MR) is 75.0 cm³/mol. The smallest absolute Gasteiger partial charge is 0.0620 e. The van der Waals surface area contributed by atoms with Gasteiger partial charge in [0, 0.05) is 44.3 Å². The van der Waals surface area contributed by atoms with Crippen molar-refractivity contribution >= 4 is 0 Å². The van der Waals surface area contributed by atoms with Crippen LogP contribution in [0.2, 0.25) is 0 Å². The van der Waals surface area contributed by atoms with E-state index >= 15 is 0 Å². The van der Waals surface area contributed by atoms with E-state index in [9.17, 15) is 0 Å². The summed E-state index contributed by atoms with van der Waals surface area (Å²) in [4.78, 5) is 5.18. The molecule has 4 heteroatoms. The average molecular weight is 255 g/mol. The van der Waals surface area contributed by atoms with Gasteiger partial charge in [0.05, 0.1) is 13.2 Å². The zero-order chi connectivity index (χ0) is 13.0. The van der Waals surface area contributed by atoms with Gasteiger partial charge >= 0.3 is 0 Å². The Morgan fingerprint density at radius 2 is 1.89 bits per heavy atom. The second-order valence-corrected chi connectivity index (χ2v) is 6.51. The van der Waals surface area contributed by atoms with Gasteiger partial charge < -0.3 is 15.0 Å². The SMILES string of the molecule is CC(C)(C)N1CCN(CCC2COCCN2)CC1. The summed E-state index contributed by atoms with van der Waals surface area (Å²) in [5.74, 6) is 0. The number of piperazine rings is 1. The first kappa shape index (κ1) is 14.3. The Labute approximate surface area is 112 Å². The Hall–Kier alpha value is -0.160. The molecular weight excluding hydrogens is 226 g/mol. The molecule has 1 N–H and O–H groups in total. The Balaban J connectivity index is 1.64. The molecule has 0 aliphatic carbocycles. The lowest BCUT2D eigenvalue weighted by atomic mass is 10.0. The molecule has 0 radical (unpaired) electrons. The molecule has 0 aromatic heterocycles. The third kappa shape index (κ3) is 4.19. The van der Waals surface area contributed by atoms with E-state index in [1.807, 2.05) is 0 Å². The van der Waals surface area contributed by atoms with E-state index in [1.54, 1.807) is 0 Å². The number of nitrogens with one attached hydrogen (secondary N) is 1. The Kier molecular flexibility index (Phi) is 5.01. The molecule has 0 saturated carbocycles. The van der Waals surface area contributed by atoms with Gasteiger partial charge in [0.1, 0.15) is 0 Å². The molecule has 1 unspecified atom stereocenters. The number of morpholine rings is 1. The minimum Gasteiger partial charge on any atom is -0.379 e. The van der Waals surface area contributed by atoms with Gasteiger partial charge in [-0.25, -0.2) is 0 Å². The Bertz CT molecular complexity index is 238. The second kappa shape index (κ2) is 6.33.